The summed E-state index contributed by atoms with van der Waals surface area (Å²) in [5.74, 6) is 2.43. The summed E-state index contributed by atoms with van der Waals surface area (Å²) in [5, 5.41) is 10.9. The van der Waals surface area contributed by atoms with Gasteiger partial charge >= 0.3 is 5.97 Å². The quantitative estimate of drug-likeness (QED) is 0.382. The summed E-state index contributed by atoms with van der Waals surface area (Å²) in [6.45, 7) is 13.8. The molecule has 1 aromatic heterocycles. The normalized spacial score (nSPS) is 45.1. The number of hydrogen-bond acceptors (Lipinski definition) is 8. The Kier molecular flexibility index (Phi) is 7.77. The molecule has 3 heterocycles. The van der Waals surface area contributed by atoms with Crippen LogP contribution in [0.5, 0.6) is 0 Å². The van der Waals surface area contributed by atoms with Gasteiger partial charge in [0.15, 0.2) is 18.2 Å². The number of carbonyl (C=O) groups excluding carboxylic acids is 2. The fourth-order valence-electron chi connectivity index (χ4n) is 13.2. The van der Waals surface area contributed by atoms with E-state index in [4.69, 9.17) is 18.9 Å². The molecule has 10 heteroatoms. The van der Waals surface area contributed by atoms with E-state index in [1.807, 2.05) is 0 Å². The van der Waals surface area contributed by atoms with Crippen molar-refractivity contribution in [2.75, 3.05) is 19.7 Å². The number of imidazole rings is 1. The molecule has 48 heavy (non-hydrogen) atoms. The number of morpholine rings is 1. The third kappa shape index (κ3) is 4.89. The van der Waals surface area contributed by atoms with Crippen LogP contribution in [0.3, 0.4) is 0 Å². The number of esters is 1. The van der Waals surface area contributed by atoms with E-state index in [0.717, 1.165) is 31.6 Å². The number of amides is 1. The lowest BCUT2D eigenvalue weighted by atomic mass is 9.46. The van der Waals surface area contributed by atoms with Crippen molar-refractivity contribution in [2.45, 2.75) is 142 Å². The van der Waals surface area contributed by atoms with E-state index in [-0.39, 0.29) is 41.0 Å². The molecule has 7 fully saturated rings. The van der Waals surface area contributed by atoms with Crippen LogP contribution >= 0.6 is 0 Å². The van der Waals surface area contributed by atoms with Crippen LogP contribution in [0.25, 0.3) is 0 Å². The van der Waals surface area contributed by atoms with Crippen molar-refractivity contribution in [3.05, 3.63) is 18.2 Å². The molecular formula is C38H57N3O7. The van der Waals surface area contributed by atoms with Crippen molar-refractivity contribution >= 4 is 11.9 Å². The topological polar surface area (TPSA) is 123 Å². The SMILES string of the molecule is CC(=O)O[C@@H](C1CCC2C(CC3C4CCC5C(C)(C)[C@@H](OC6CN(C(=O)c7ncc[nH]7)CCO6)CC[C@@]56C[C@@]46CCC23C)O1)C(C)(C)O. The van der Waals surface area contributed by atoms with Gasteiger partial charge in [0, 0.05) is 25.9 Å². The Bertz CT molecular complexity index is 1410. The first-order valence-electron chi connectivity index (χ1n) is 18.8. The van der Waals surface area contributed by atoms with E-state index in [1.54, 1.807) is 31.1 Å². The number of H-pyrrole nitrogens is 1. The van der Waals surface area contributed by atoms with E-state index in [0.29, 0.717) is 54.1 Å². The molecule has 2 aliphatic heterocycles. The van der Waals surface area contributed by atoms with E-state index in [9.17, 15) is 14.7 Å². The van der Waals surface area contributed by atoms with Crippen LogP contribution in [-0.2, 0) is 23.7 Å². The third-order valence-corrected chi connectivity index (χ3v) is 15.2. The summed E-state index contributed by atoms with van der Waals surface area (Å²) in [5.41, 5.74) is -0.0334. The number of aromatic amines is 1. The molecule has 1 aromatic rings. The predicted octanol–water partition coefficient (Wildman–Crippen LogP) is 5.50. The number of ether oxygens (including phenoxy) is 4. The van der Waals surface area contributed by atoms with Gasteiger partial charge in [0.05, 0.1) is 37.1 Å². The number of fused-ring (bicyclic) bond motifs is 4. The van der Waals surface area contributed by atoms with Gasteiger partial charge < -0.3 is 33.9 Å². The predicted molar refractivity (Wildman–Crippen MR) is 177 cm³/mol. The molecule has 2 spiro atoms. The first-order chi connectivity index (χ1) is 22.7. The summed E-state index contributed by atoms with van der Waals surface area (Å²) >= 11 is 0. The Labute approximate surface area is 285 Å². The van der Waals surface area contributed by atoms with Crippen molar-refractivity contribution in [2.24, 2.45) is 45.3 Å². The van der Waals surface area contributed by atoms with Gasteiger partial charge in [-0.15, -0.1) is 0 Å². The molecule has 8 rings (SSSR count). The van der Waals surface area contributed by atoms with Crippen molar-refractivity contribution in [3.63, 3.8) is 0 Å². The number of hydrogen-bond donors (Lipinski definition) is 2. The van der Waals surface area contributed by atoms with Crippen LogP contribution in [0.2, 0.25) is 0 Å². The van der Waals surface area contributed by atoms with Gasteiger partial charge in [-0.1, -0.05) is 20.8 Å². The zero-order valence-corrected chi connectivity index (χ0v) is 29.8. The highest BCUT2D eigenvalue weighted by Gasteiger charge is 2.80. The fourth-order valence-corrected chi connectivity index (χ4v) is 13.2. The van der Waals surface area contributed by atoms with Crippen LogP contribution < -0.4 is 0 Å². The Balaban J connectivity index is 0.956. The first-order valence-corrected chi connectivity index (χ1v) is 18.8. The number of nitrogens with zero attached hydrogens (tertiary/aromatic N) is 2. The average molecular weight is 668 g/mol. The maximum atomic E-state index is 13.0. The molecule has 8 unspecified atom stereocenters. The second-order valence-corrected chi connectivity index (χ2v) is 18.1. The Morgan fingerprint density at radius 3 is 2.58 bits per heavy atom. The van der Waals surface area contributed by atoms with E-state index in [1.165, 1.54) is 45.4 Å². The van der Waals surface area contributed by atoms with Crippen molar-refractivity contribution in [3.8, 4) is 0 Å². The molecule has 1 amide bonds. The summed E-state index contributed by atoms with van der Waals surface area (Å²) < 4.78 is 25.4. The molecule has 10 nitrogen and oxygen atoms in total. The van der Waals surface area contributed by atoms with Crippen molar-refractivity contribution in [1.82, 2.24) is 14.9 Å². The highest BCUT2D eigenvalue weighted by atomic mass is 16.7. The maximum absolute atomic E-state index is 13.0. The third-order valence-electron chi connectivity index (χ3n) is 15.2. The number of rotatable bonds is 6. The van der Waals surface area contributed by atoms with Crippen LogP contribution in [0, 0.1) is 45.3 Å². The number of nitrogens with one attached hydrogen (secondary N) is 1. The molecule has 2 N–H and O–H groups in total. The monoisotopic (exact) mass is 667 g/mol. The Morgan fingerprint density at radius 2 is 1.85 bits per heavy atom. The van der Waals surface area contributed by atoms with Crippen LogP contribution in [-0.4, -0.2) is 87.9 Å². The highest BCUT2D eigenvalue weighted by Crippen LogP contribution is 2.87. The van der Waals surface area contributed by atoms with Crippen molar-refractivity contribution in [1.29, 1.82) is 0 Å². The van der Waals surface area contributed by atoms with Crippen LogP contribution in [0.1, 0.15) is 116 Å². The molecule has 0 radical (unpaired) electrons. The van der Waals surface area contributed by atoms with E-state index in [2.05, 4.69) is 30.7 Å². The number of aliphatic hydroxyl groups is 1. The zero-order chi connectivity index (χ0) is 33.9. The molecule has 5 aliphatic carbocycles. The highest BCUT2D eigenvalue weighted by molar-refractivity contribution is 5.90. The Morgan fingerprint density at radius 1 is 1.06 bits per heavy atom. The van der Waals surface area contributed by atoms with Crippen LogP contribution in [0.4, 0.5) is 0 Å². The molecule has 2 saturated heterocycles. The molecule has 7 aliphatic rings. The molecule has 0 aromatic carbocycles. The number of aromatic nitrogens is 2. The fraction of sp³-hybridized carbons (Fsp3) is 0.868. The van der Waals surface area contributed by atoms with Crippen molar-refractivity contribution < 1.29 is 33.6 Å². The zero-order valence-electron chi connectivity index (χ0n) is 29.8. The van der Waals surface area contributed by atoms with Gasteiger partial charge in [0.1, 0.15) is 0 Å². The standard InChI is InChI=1S/C38H57N3O7/c1-22(42)46-31(35(4,5)44)26-9-7-24-27(47-26)19-25-23-8-10-28-34(2,3)29(11-12-38(28)21-37(23,38)14-13-36(24,25)6)48-30-20-41(17-18-45-30)33(43)32-39-15-16-40-32/h15-16,23-31,44H,7-14,17-21H2,1-6H3,(H,39,40)/t23?,24?,25?,26?,27?,28?,29-,30?,31-,36?,37-,38+/m0/s1. The van der Waals surface area contributed by atoms with Gasteiger partial charge in [0.25, 0.3) is 5.91 Å². The van der Waals surface area contributed by atoms with Gasteiger partial charge in [-0.05, 0) is 123 Å². The van der Waals surface area contributed by atoms with E-state index >= 15 is 0 Å². The minimum Gasteiger partial charge on any atom is -0.457 e. The van der Waals surface area contributed by atoms with Gasteiger partial charge in [-0.25, -0.2) is 4.98 Å². The summed E-state index contributed by atoms with van der Waals surface area (Å²) in [7, 11) is 0. The van der Waals surface area contributed by atoms with E-state index < -0.39 is 18.0 Å². The smallest absolute Gasteiger partial charge is 0.303 e. The summed E-state index contributed by atoms with van der Waals surface area (Å²) in [4.78, 5) is 33.8. The average Bonchev–Trinajstić information content (AvgIpc) is 3.28. The maximum Gasteiger partial charge on any atom is 0.303 e. The molecule has 12 atom stereocenters. The minimum atomic E-state index is -1.16. The number of carbonyl (C=O) groups is 2. The second kappa shape index (κ2) is 11.2. The largest absolute Gasteiger partial charge is 0.457 e. The minimum absolute atomic E-state index is 0.0208. The Hall–Kier alpha value is -2.01. The second-order valence-electron chi connectivity index (χ2n) is 18.1. The summed E-state index contributed by atoms with van der Waals surface area (Å²) in [6.07, 6.45) is 13.9. The lowest BCUT2D eigenvalue weighted by molar-refractivity contribution is -0.241. The summed E-state index contributed by atoms with van der Waals surface area (Å²) in [6, 6.07) is 0. The van der Waals surface area contributed by atoms with Gasteiger partial charge in [-0.2, -0.15) is 0 Å². The van der Waals surface area contributed by atoms with Crippen LogP contribution in [0.15, 0.2) is 12.4 Å². The lowest BCUT2D eigenvalue weighted by Gasteiger charge is -2.60. The van der Waals surface area contributed by atoms with Gasteiger partial charge in [0.2, 0.25) is 0 Å². The lowest BCUT2D eigenvalue weighted by Crippen LogP contribution is -2.56. The molecule has 0 bridgehead atoms. The first kappa shape index (κ1) is 33.2. The molecule has 5 saturated carbocycles. The van der Waals surface area contributed by atoms with Gasteiger partial charge in [-0.3, -0.25) is 9.59 Å². The molecular weight excluding hydrogens is 610 g/mol. The molecule has 266 valence electrons.